The smallest absolute Gasteiger partial charge is 0.238 e. The number of benzene rings is 2. The van der Waals surface area contributed by atoms with Crippen LogP contribution in [0.5, 0.6) is 23.0 Å². The highest BCUT2D eigenvalue weighted by atomic mass is 35.5. The molecule has 0 unspecified atom stereocenters. The summed E-state index contributed by atoms with van der Waals surface area (Å²) >= 11 is 6.15. The predicted molar refractivity (Wildman–Crippen MR) is 107 cm³/mol. The number of carbonyl (C=O) groups is 1. The van der Waals surface area contributed by atoms with Gasteiger partial charge in [-0.2, -0.15) is 0 Å². The van der Waals surface area contributed by atoms with Gasteiger partial charge in [-0.25, -0.2) is 0 Å². The van der Waals surface area contributed by atoms with Crippen molar-refractivity contribution < 1.29 is 23.7 Å². The molecule has 3 rings (SSSR count). The summed E-state index contributed by atoms with van der Waals surface area (Å²) in [6.45, 7) is 1.89. The first-order valence-corrected chi connectivity index (χ1v) is 9.16. The minimum absolute atomic E-state index is 0.181. The van der Waals surface area contributed by atoms with E-state index in [2.05, 4.69) is 5.32 Å². The molecule has 0 aliphatic carbocycles. The molecule has 0 fully saturated rings. The van der Waals surface area contributed by atoms with Crippen molar-refractivity contribution in [2.75, 3.05) is 46.3 Å². The maximum atomic E-state index is 12.5. The number of likely N-dealkylation sites (N-methyl/N-ethyl adjacent to an activating group) is 1. The van der Waals surface area contributed by atoms with E-state index in [-0.39, 0.29) is 12.5 Å². The molecule has 150 valence electrons. The molecule has 0 atom stereocenters. The average molecular weight is 407 g/mol. The summed E-state index contributed by atoms with van der Waals surface area (Å²) < 4.78 is 21.6. The summed E-state index contributed by atoms with van der Waals surface area (Å²) in [4.78, 5) is 14.4. The summed E-state index contributed by atoms with van der Waals surface area (Å²) in [6, 6.07) is 9.04. The van der Waals surface area contributed by atoms with Crippen LogP contribution in [-0.2, 0) is 11.3 Å². The van der Waals surface area contributed by atoms with Crippen molar-refractivity contribution in [3.8, 4) is 23.0 Å². The molecular formula is C20H23ClN2O5. The number of hydrogen-bond donors (Lipinski definition) is 1. The van der Waals surface area contributed by atoms with Gasteiger partial charge in [0.1, 0.15) is 24.7 Å². The second-order valence-corrected chi connectivity index (χ2v) is 6.79. The van der Waals surface area contributed by atoms with Gasteiger partial charge in [-0.3, -0.25) is 9.69 Å². The molecule has 8 heteroatoms. The average Bonchev–Trinajstić information content (AvgIpc) is 2.68. The summed E-state index contributed by atoms with van der Waals surface area (Å²) in [5.41, 5.74) is 1.52. The van der Waals surface area contributed by atoms with E-state index in [0.29, 0.717) is 42.0 Å². The van der Waals surface area contributed by atoms with Crippen molar-refractivity contribution in [2.45, 2.75) is 6.54 Å². The monoisotopic (exact) mass is 406 g/mol. The maximum Gasteiger partial charge on any atom is 0.238 e. The Labute approximate surface area is 169 Å². The topological polar surface area (TPSA) is 69.3 Å². The highest BCUT2D eigenvalue weighted by molar-refractivity contribution is 6.32. The van der Waals surface area contributed by atoms with Crippen molar-refractivity contribution in [3.63, 3.8) is 0 Å². The third kappa shape index (κ3) is 4.79. The van der Waals surface area contributed by atoms with Crippen LogP contribution < -0.4 is 24.3 Å². The van der Waals surface area contributed by atoms with Crippen LogP contribution in [0.3, 0.4) is 0 Å². The lowest BCUT2D eigenvalue weighted by atomic mass is 10.2. The molecule has 1 N–H and O–H groups in total. The van der Waals surface area contributed by atoms with E-state index < -0.39 is 0 Å². The lowest BCUT2D eigenvalue weighted by Crippen LogP contribution is -2.30. The molecular weight excluding hydrogens is 384 g/mol. The third-order valence-corrected chi connectivity index (χ3v) is 4.52. The first-order valence-electron chi connectivity index (χ1n) is 8.78. The van der Waals surface area contributed by atoms with Crippen molar-refractivity contribution in [1.29, 1.82) is 0 Å². The van der Waals surface area contributed by atoms with E-state index in [9.17, 15) is 4.79 Å². The molecule has 28 heavy (non-hydrogen) atoms. The van der Waals surface area contributed by atoms with Gasteiger partial charge in [0.05, 0.1) is 31.5 Å². The molecule has 1 aliphatic heterocycles. The van der Waals surface area contributed by atoms with E-state index >= 15 is 0 Å². The third-order valence-electron chi connectivity index (χ3n) is 4.22. The highest BCUT2D eigenvalue weighted by Crippen LogP contribution is 2.36. The van der Waals surface area contributed by atoms with Crippen molar-refractivity contribution in [1.82, 2.24) is 4.90 Å². The van der Waals surface area contributed by atoms with Gasteiger partial charge in [-0.15, -0.1) is 0 Å². The zero-order valence-electron chi connectivity index (χ0n) is 16.1. The Hall–Kier alpha value is -2.64. The van der Waals surface area contributed by atoms with Crippen LogP contribution in [0.1, 0.15) is 5.56 Å². The normalized spacial score (nSPS) is 12.6. The fraction of sp³-hybridized carbons (Fsp3) is 0.350. The molecule has 7 nitrogen and oxygen atoms in total. The number of anilines is 1. The first-order chi connectivity index (χ1) is 13.5. The molecule has 0 saturated heterocycles. The Morgan fingerprint density at radius 1 is 1.11 bits per heavy atom. The Bertz CT molecular complexity index is 859. The van der Waals surface area contributed by atoms with Crippen molar-refractivity contribution >= 4 is 23.2 Å². The van der Waals surface area contributed by atoms with Gasteiger partial charge in [-0.1, -0.05) is 17.7 Å². The lowest BCUT2D eigenvalue weighted by molar-refractivity contribution is -0.117. The van der Waals surface area contributed by atoms with Crippen LogP contribution >= 0.6 is 11.6 Å². The number of nitrogens with one attached hydrogen (secondary N) is 1. The molecule has 2 aromatic rings. The Morgan fingerprint density at radius 3 is 2.54 bits per heavy atom. The number of rotatable bonds is 7. The SMILES string of the molecule is COc1cc(OC)c(NC(=O)CN(C)Cc2ccc3c(c2)OCCO3)cc1Cl. The number of halogens is 1. The first kappa shape index (κ1) is 20.1. The number of methoxy groups -OCH3 is 2. The molecule has 1 heterocycles. The van der Waals surface area contributed by atoms with E-state index in [4.69, 9.17) is 30.5 Å². The number of fused-ring (bicyclic) bond motifs is 1. The van der Waals surface area contributed by atoms with E-state index in [1.165, 1.54) is 14.2 Å². The zero-order chi connectivity index (χ0) is 20.1. The van der Waals surface area contributed by atoms with Gasteiger partial charge < -0.3 is 24.3 Å². The Kier molecular flexibility index (Phi) is 6.49. The van der Waals surface area contributed by atoms with Gasteiger partial charge in [0.25, 0.3) is 0 Å². The number of hydrogen-bond acceptors (Lipinski definition) is 6. The van der Waals surface area contributed by atoms with Gasteiger partial charge in [0.2, 0.25) is 5.91 Å². The Balaban J connectivity index is 1.61. The molecule has 0 bridgehead atoms. The predicted octanol–water partition coefficient (Wildman–Crippen LogP) is 3.20. The van der Waals surface area contributed by atoms with Crippen LogP contribution in [-0.4, -0.2) is 51.8 Å². The molecule has 0 spiro atoms. The molecule has 1 amide bonds. The highest BCUT2D eigenvalue weighted by Gasteiger charge is 2.15. The molecule has 1 aliphatic rings. The van der Waals surface area contributed by atoms with Gasteiger partial charge in [0, 0.05) is 12.6 Å². The van der Waals surface area contributed by atoms with Crippen LogP contribution in [0.15, 0.2) is 30.3 Å². The summed E-state index contributed by atoms with van der Waals surface area (Å²) in [5, 5.41) is 3.22. The van der Waals surface area contributed by atoms with E-state index in [1.807, 2.05) is 30.1 Å². The standard InChI is InChI=1S/C20H23ClN2O5/c1-23(11-13-4-5-16-19(8-13)28-7-6-27-16)12-20(24)22-15-9-14(21)17(25-2)10-18(15)26-3/h4-5,8-10H,6-7,11-12H2,1-3H3,(H,22,24). The second kappa shape index (κ2) is 9.03. The fourth-order valence-corrected chi connectivity index (χ4v) is 3.19. The van der Waals surface area contributed by atoms with Crippen LogP contribution in [0.4, 0.5) is 5.69 Å². The number of carbonyl (C=O) groups excluding carboxylic acids is 1. The molecule has 2 aromatic carbocycles. The summed E-state index contributed by atoms with van der Waals surface area (Å²) in [5.74, 6) is 2.26. The Morgan fingerprint density at radius 2 is 1.82 bits per heavy atom. The minimum Gasteiger partial charge on any atom is -0.495 e. The summed E-state index contributed by atoms with van der Waals surface area (Å²) in [6.07, 6.45) is 0. The van der Waals surface area contributed by atoms with Gasteiger partial charge in [0.15, 0.2) is 11.5 Å². The zero-order valence-corrected chi connectivity index (χ0v) is 16.8. The largest absolute Gasteiger partial charge is 0.495 e. The minimum atomic E-state index is -0.181. The second-order valence-electron chi connectivity index (χ2n) is 6.39. The number of ether oxygens (including phenoxy) is 4. The fourth-order valence-electron chi connectivity index (χ4n) is 2.95. The molecule has 0 aromatic heterocycles. The van der Waals surface area contributed by atoms with Crippen LogP contribution in [0.25, 0.3) is 0 Å². The maximum absolute atomic E-state index is 12.5. The van der Waals surface area contributed by atoms with Crippen LogP contribution in [0, 0.1) is 0 Å². The van der Waals surface area contributed by atoms with E-state index in [0.717, 1.165) is 17.1 Å². The summed E-state index contributed by atoms with van der Waals surface area (Å²) in [7, 11) is 4.91. The quantitative estimate of drug-likeness (QED) is 0.761. The van der Waals surface area contributed by atoms with Crippen LogP contribution in [0.2, 0.25) is 5.02 Å². The number of nitrogens with zero attached hydrogens (tertiary/aromatic N) is 1. The van der Waals surface area contributed by atoms with Gasteiger partial charge >= 0.3 is 0 Å². The lowest BCUT2D eigenvalue weighted by Gasteiger charge is -2.21. The van der Waals surface area contributed by atoms with E-state index in [1.54, 1.807) is 12.1 Å². The number of amides is 1. The van der Waals surface area contributed by atoms with Gasteiger partial charge in [-0.05, 0) is 30.8 Å². The van der Waals surface area contributed by atoms with Crippen molar-refractivity contribution in [3.05, 3.63) is 40.9 Å². The molecule has 0 radical (unpaired) electrons. The molecule has 0 saturated carbocycles. The van der Waals surface area contributed by atoms with Crippen molar-refractivity contribution in [2.24, 2.45) is 0 Å².